The Kier molecular flexibility index (Phi) is 9.53. The molecule has 3 saturated carbocycles. The van der Waals surface area contributed by atoms with Crippen LogP contribution in [0.2, 0.25) is 0 Å². The van der Waals surface area contributed by atoms with Crippen molar-refractivity contribution < 1.29 is 19.1 Å². The van der Waals surface area contributed by atoms with E-state index >= 15 is 0 Å². The highest BCUT2D eigenvalue weighted by molar-refractivity contribution is 5.91. The number of hydrogen-bond donors (Lipinski definition) is 2. The Morgan fingerprint density at radius 2 is 1.51 bits per heavy atom. The fraction of sp³-hybridized carbons (Fsp3) is 0.610. The first kappa shape index (κ1) is 33.6. The van der Waals surface area contributed by atoms with Gasteiger partial charge in [-0.15, -0.1) is 0 Å². The summed E-state index contributed by atoms with van der Waals surface area (Å²) in [6.45, 7) is 12.2. The van der Waals surface area contributed by atoms with Crippen LogP contribution in [0, 0.1) is 46.3 Å². The molecule has 8 atom stereocenters. The number of nitrogens with two attached hydrogens (primary N) is 2. The van der Waals surface area contributed by atoms with Crippen LogP contribution in [0.1, 0.15) is 126 Å². The molecule has 3 fully saturated rings. The highest BCUT2D eigenvalue weighted by Gasteiger charge is 2.60. The molecule has 4 N–H and O–H groups in total. The Morgan fingerprint density at radius 1 is 0.830 bits per heavy atom. The Labute approximate surface area is 282 Å². The number of hydrogen-bond acceptors (Lipinski definition) is 6. The second-order valence-electron chi connectivity index (χ2n) is 16.3. The zero-order chi connectivity index (χ0) is 33.5. The minimum Gasteiger partial charge on any atom is -0.458 e. The van der Waals surface area contributed by atoms with Crippen LogP contribution in [0.25, 0.3) is 0 Å². The molecule has 0 radical (unpaired) electrons. The van der Waals surface area contributed by atoms with Crippen molar-refractivity contribution in [1.29, 1.82) is 0 Å². The van der Waals surface area contributed by atoms with E-state index in [1.165, 1.54) is 50.5 Å². The Morgan fingerprint density at radius 3 is 2.17 bits per heavy atom. The summed E-state index contributed by atoms with van der Waals surface area (Å²) in [5.74, 6) is 3.97. The van der Waals surface area contributed by atoms with Crippen molar-refractivity contribution in [2.75, 3.05) is 11.5 Å². The first-order valence-corrected chi connectivity index (χ1v) is 18.3. The van der Waals surface area contributed by atoms with E-state index in [1.807, 2.05) is 0 Å². The van der Waals surface area contributed by atoms with Crippen molar-refractivity contribution in [3.63, 3.8) is 0 Å². The summed E-state index contributed by atoms with van der Waals surface area (Å²) in [4.78, 5) is 26.8. The zero-order valence-electron chi connectivity index (χ0n) is 29.2. The third-order valence-corrected chi connectivity index (χ3v) is 13.1. The molecule has 4 aliphatic carbocycles. The highest BCUT2D eigenvalue weighted by Crippen LogP contribution is 2.68. The average Bonchev–Trinajstić information content (AvgIpc) is 3.39. The molecule has 254 valence electrons. The van der Waals surface area contributed by atoms with Crippen molar-refractivity contribution >= 4 is 23.3 Å². The van der Waals surface area contributed by atoms with Gasteiger partial charge in [-0.25, -0.2) is 9.59 Å². The van der Waals surface area contributed by atoms with Gasteiger partial charge in [-0.2, -0.15) is 0 Å². The number of rotatable bonds is 9. The van der Waals surface area contributed by atoms with Gasteiger partial charge in [0.25, 0.3) is 0 Å². The molecule has 6 rings (SSSR count). The quantitative estimate of drug-likeness (QED) is 0.209. The van der Waals surface area contributed by atoms with Gasteiger partial charge in [0, 0.05) is 24.2 Å². The maximum absolute atomic E-state index is 13.7. The van der Waals surface area contributed by atoms with E-state index in [0.29, 0.717) is 52.1 Å². The van der Waals surface area contributed by atoms with E-state index in [1.54, 1.807) is 48.5 Å². The minimum atomic E-state index is -0.360. The number of benzene rings is 2. The number of fused-ring (bicyclic) bond motifs is 5. The summed E-state index contributed by atoms with van der Waals surface area (Å²) in [6, 6.07) is 14.0. The summed E-state index contributed by atoms with van der Waals surface area (Å²) in [5, 5.41) is 0. The van der Waals surface area contributed by atoms with Gasteiger partial charge in [0.15, 0.2) is 0 Å². The van der Waals surface area contributed by atoms with Crippen molar-refractivity contribution in [3.05, 3.63) is 71.0 Å². The third kappa shape index (κ3) is 6.58. The van der Waals surface area contributed by atoms with Gasteiger partial charge in [0.1, 0.15) is 11.9 Å². The molecule has 2 aromatic carbocycles. The first-order chi connectivity index (χ1) is 22.4. The second kappa shape index (κ2) is 13.3. The lowest BCUT2D eigenvalue weighted by molar-refractivity contribution is -0.0694. The fourth-order valence-corrected chi connectivity index (χ4v) is 10.7. The molecule has 4 aliphatic rings. The van der Waals surface area contributed by atoms with Crippen LogP contribution in [-0.2, 0) is 9.47 Å². The standard InChI is InChI=1S/C41H56N2O4/c1-25(2)9-6-10-26(3)33-15-16-34-32-24-37(47-39(45)28-12-8-14-30(43)22-28)36-23-31(46-38(44)27-11-7-13-29(42)21-27)17-19-41(36,5)35(32)18-20-40(33,34)4/h7-8,11-14,21-22,25-26,31-35H,6,9-10,15-20,23-24,42-43H2,1-5H3. The predicted octanol–water partition coefficient (Wildman–Crippen LogP) is 9.60. The summed E-state index contributed by atoms with van der Waals surface area (Å²) >= 11 is 0. The lowest BCUT2D eigenvalue weighted by Gasteiger charge is -2.59. The largest absolute Gasteiger partial charge is 0.458 e. The maximum atomic E-state index is 13.7. The summed E-state index contributed by atoms with van der Waals surface area (Å²) in [7, 11) is 0. The van der Waals surface area contributed by atoms with Crippen LogP contribution >= 0.6 is 0 Å². The molecular formula is C41H56N2O4. The van der Waals surface area contributed by atoms with E-state index < -0.39 is 0 Å². The topological polar surface area (TPSA) is 105 Å². The zero-order valence-corrected chi connectivity index (χ0v) is 29.2. The molecule has 0 aliphatic heterocycles. The summed E-state index contributed by atoms with van der Waals surface area (Å²) in [5.41, 5.74) is 15.4. The number of ether oxygens (including phenoxy) is 2. The molecule has 47 heavy (non-hydrogen) atoms. The fourth-order valence-electron chi connectivity index (χ4n) is 10.7. The molecule has 0 spiro atoms. The van der Waals surface area contributed by atoms with Crippen molar-refractivity contribution in [1.82, 2.24) is 0 Å². The lowest BCUT2D eigenvalue weighted by atomic mass is 9.46. The van der Waals surface area contributed by atoms with Crippen LogP contribution in [0.4, 0.5) is 11.4 Å². The van der Waals surface area contributed by atoms with Gasteiger partial charge in [-0.1, -0.05) is 66.0 Å². The molecule has 0 bridgehead atoms. The maximum Gasteiger partial charge on any atom is 0.343 e. The van der Waals surface area contributed by atoms with Crippen molar-refractivity contribution in [2.24, 2.45) is 46.3 Å². The molecular weight excluding hydrogens is 584 g/mol. The normalized spacial score (nSPS) is 32.3. The highest BCUT2D eigenvalue weighted by atomic mass is 16.5. The Bertz CT molecular complexity index is 1510. The van der Waals surface area contributed by atoms with Gasteiger partial charge in [-0.3, -0.25) is 0 Å². The number of esters is 2. The van der Waals surface area contributed by atoms with E-state index in [-0.39, 0.29) is 23.5 Å². The van der Waals surface area contributed by atoms with Gasteiger partial charge in [-0.05, 0) is 127 Å². The summed E-state index contributed by atoms with van der Waals surface area (Å²) in [6.07, 6.45) is 11.8. The lowest BCUT2D eigenvalue weighted by Crippen LogP contribution is -2.52. The molecule has 0 aromatic heterocycles. The summed E-state index contributed by atoms with van der Waals surface area (Å²) < 4.78 is 12.5. The third-order valence-electron chi connectivity index (χ3n) is 13.1. The minimum absolute atomic E-state index is 0.101. The number of nitrogen functional groups attached to an aromatic ring is 2. The van der Waals surface area contributed by atoms with Crippen LogP contribution in [0.15, 0.2) is 59.9 Å². The molecule has 6 heteroatoms. The van der Waals surface area contributed by atoms with E-state index in [2.05, 4.69) is 34.6 Å². The van der Waals surface area contributed by atoms with E-state index in [4.69, 9.17) is 20.9 Å². The number of carbonyl (C=O) groups is 2. The van der Waals surface area contributed by atoms with Gasteiger partial charge in [0.05, 0.1) is 11.1 Å². The second-order valence-corrected chi connectivity index (χ2v) is 16.3. The molecule has 0 amide bonds. The van der Waals surface area contributed by atoms with Crippen LogP contribution in [0.3, 0.4) is 0 Å². The van der Waals surface area contributed by atoms with Crippen LogP contribution in [0.5, 0.6) is 0 Å². The van der Waals surface area contributed by atoms with Crippen molar-refractivity contribution in [3.8, 4) is 0 Å². The molecule has 0 heterocycles. The first-order valence-electron chi connectivity index (χ1n) is 18.3. The molecule has 0 saturated heterocycles. The van der Waals surface area contributed by atoms with Crippen LogP contribution < -0.4 is 11.5 Å². The molecule has 2 aromatic rings. The smallest absolute Gasteiger partial charge is 0.343 e. The van der Waals surface area contributed by atoms with Gasteiger partial charge < -0.3 is 20.9 Å². The van der Waals surface area contributed by atoms with Crippen molar-refractivity contribution in [2.45, 2.75) is 111 Å². The monoisotopic (exact) mass is 640 g/mol. The predicted molar refractivity (Wildman–Crippen MR) is 188 cm³/mol. The Balaban J connectivity index is 1.28. The van der Waals surface area contributed by atoms with Crippen LogP contribution in [-0.4, -0.2) is 18.0 Å². The van der Waals surface area contributed by atoms with E-state index in [9.17, 15) is 9.59 Å². The SMILES string of the molecule is CC(C)CCCC(C)C1CCC2C3CC(OC(=O)c4cccc(N)c4)=C4CC(OC(=O)c5cccc(N)c5)CCC4(C)C3CCC12C. The number of carbonyl (C=O) groups excluding carboxylic acids is 2. The Hall–Kier alpha value is -3.28. The van der Waals surface area contributed by atoms with Gasteiger partial charge >= 0.3 is 11.9 Å². The van der Waals surface area contributed by atoms with E-state index in [0.717, 1.165) is 42.8 Å². The van der Waals surface area contributed by atoms with Gasteiger partial charge in [0.2, 0.25) is 0 Å². The molecule has 6 nitrogen and oxygen atoms in total. The number of allylic oxidation sites excluding steroid dienone is 1. The molecule has 8 unspecified atom stereocenters. The number of anilines is 2. The average molecular weight is 641 g/mol.